The third kappa shape index (κ3) is 4.72. The first kappa shape index (κ1) is 26.4. The van der Waals surface area contributed by atoms with Gasteiger partial charge in [-0.15, -0.1) is 0 Å². The first-order valence-corrected chi connectivity index (χ1v) is 13.2. The summed E-state index contributed by atoms with van der Waals surface area (Å²) in [5.41, 5.74) is 3.26. The Morgan fingerprint density at radius 1 is 0.875 bits per heavy atom. The van der Waals surface area contributed by atoms with E-state index in [0.717, 1.165) is 16.7 Å². The average molecular weight is 542 g/mol. The molecule has 1 aromatic heterocycles. The second-order valence-corrected chi connectivity index (χ2v) is 10.3. The summed E-state index contributed by atoms with van der Waals surface area (Å²) in [5.74, 6) is -0.841. The Bertz CT molecular complexity index is 1400. The average Bonchev–Trinajstić information content (AvgIpc) is 3.48. The van der Waals surface area contributed by atoms with Crippen LogP contribution < -0.4 is 11.2 Å². The van der Waals surface area contributed by atoms with Crippen LogP contribution in [0.4, 0.5) is 5.82 Å². The van der Waals surface area contributed by atoms with E-state index in [1.165, 1.54) is 16.8 Å². The fraction of sp³-hybridized carbons (Fsp3) is 0.290. The van der Waals surface area contributed by atoms with Crippen LogP contribution in [0.15, 0.2) is 108 Å². The molecule has 40 heavy (non-hydrogen) atoms. The van der Waals surface area contributed by atoms with Crippen molar-refractivity contribution in [1.29, 1.82) is 0 Å². The van der Waals surface area contributed by atoms with E-state index >= 15 is 0 Å². The van der Waals surface area contributed by atoms with Crippen LogP contribution in [0.3, 0.4) is 0 Å². The summed E-state index contributed by atoms with van der Waals surface area (Å²) < 4.78 is 27.3. The molecule has 6 rings (SSSR count). The van der Waals surface area contributed by atoms with Crippen LogP contribution in [0.2, 0.25) is 0 Å². The van der Waals surface area contributed by atoms with E-state index in [0.29, 0.717) is 0 Å². The summed E-state index contributed by atoms with van der Waals surface area (Å²) in [6.07, 6.45) is -0.920. The van der Waals surface area contributed by atoms with Crippen molar-refractivity contribution in [3.63, 3.8) is 0 Å². The predicted molar refractivity (Wildman–Crippen MR) is 147 cm³/mol. The quantitative estimate of drug-likeness (QED) is 0.249. The van der Waals surface area contributed by atoms with Crippen molar-refractivity contribution in [2.75, 3.05) is 12.1 Å². The van der Waals surface area contributed by atoms with Gasteiger partial charge in [-0.05, 0) is 36.6 Å². The number of benzene rings is 3. The molecule has 4 aromatic rings. The first-order chi connectivity index (χ1) is 19.4. The lowest BCUT2D eigenvalue weighted by Gasteiger charge is -2.37. The number of anilines is 1. The van der Waals surface area contributed by atoms with Gasteiger partial charge in [0.2, 0.25) is 0 Å². The van der Waals surface area contributed by atoms with Crippen molar-refractivity contribution in [2.24, 2.45) is 0 Å². The molecule has 0 bridgehead atoms. The Morgan fingerprint density at radius 3 is 1.90 bits per heavy atom. The second-order valence-electron chi connectivity index (χ2n) is 10.3. The van der Waals surface area contributed by atoms with Gasteiger partial charge in [0, 0.05) is 6.20 Å². The fourth-order valence-corrected chi connectivity index (χ4v) is 5.66. The third-order valence-electron chi connectivity index (χ3n) is 7.35. The van der Waals surface area contributed by atoms with Crippen LogP contribution in [-0.4, -0.2) is 45.5 Å². The largest absolute Gasteiger partial charge is 0.358 e. The molecule has 0 radical (unpaired) electrons. The summed E-state index contributed by atoms with van der Waals surface area (Å²) in [4.78, 5) is 16.7. The number of rotatable bonds is 8. The maximum Gasteiger partial charge on any atom is 0.351 e. The maximum atomic E-state index is 12.8. The molecule has 206 valence electrons. The molecule has 0 saturated carbocycles. The first-order valence-electron chi connectivity index (χ1n) is 13.2. The Morgan fingerprint density at radius 2 is 1.40 bits per heavy atom. The minimum absolute atomic E-state index is 0.0398. The van der Waals surface area contributed by atoms with Gasteiger partial charge in [0.25, 0.3) is 0 Å². The van der Waals surface area contributed by atoms with Crippen LogP contribution >= 0.6 is 0 Å². The molecular weight excluding hydrogens is 510 g/mol. The molecule has 0 unspecified atom stereocenters. The molecule has 0 spiro atoms. The zero-order valence-electron chi connectivity index (χ0n) is 22.2. The summed E-state index contributed by atoms with van der Waals surface area (Å²) >= 11 is 0. The van der Waals surface area contributed by atoms with E-state index in [2.05, 4.69) is 41.4 Å². The second kappa shape index (κ2) is 10.6. The van der Waals surface area contributed by atoms with Crippen LogP contribution in [0.1, 0.15) is 36.8 Å². The number of hydrogen-bond donors (Lipinski definition) is 2. The summed E-state index contributed by atoms with van der Waals surface area (Å²) in [5, 5.41) is 9.15. The van der Waals surface area contributed by atoms with Crippen molar-refractivity contribution in [3.8, 4) is 0 Å². The van der Waals surface area contributed by atoms with E-state index in [1.807, 2.05) is 73.9 Å². The zero-order chi connectivity index (χ0) is 27.7. The molecule has 2 fully saturated rings. The van der Waals surface area contributed by atoms with Gasteiger partial charge in [0.1, 0.15) is 23.9 Å². The number of aromatic nitrogens is 2. The van der Waals surface area contributed by atoms with Gasteiger partial charge in [0.15, 0.2) is 17.8 Å². The number of fused-ring (bicyclic) bond motifs is 1. The number of ether oxygens (including phenoxy) is 4. The van der Waals surface area contributed by atoms with E-state index in [1.54, 1.807) is 0 Å². The molecule has 0 aliphatic carbocycles. The fourth-order valence-electron chi connectivity index (χ4n) is 5.66. The Labute approximate surface area is 231 Å². The van der Waals surface area contributed by atoms with Gasteiger partial charge in [-0.3, -0.25) is 15.3 Å². The van der Waals surface area contributed by atoms with Crippen LogP contribution in [0.25, 0.3) is 0 Å². The van der Waals surface area contributed by atoms with Crippen LogP contribution in [-0.2, 0) is 24.5 Å². The topological polar surface area (TPSA) is 104 Å². The molecule has 2 aliphatic rings. The molecule has 2 N–H and O–H groups in total. The number of nitrogens with one attached hydrogen (secondary N) is 1. The highest BCUT2D eigenvalue weighted by atomic mass is 16.8. The number of hydrogen-bond acceptors (Lipinski definition) is 8. The highest BCUT2D eigenvalue weighted by molar-refractivity contribution is 5.47. The highest BCUT2D eigenvalue weighted by Gasteiger charge is 2.56. The van der Waals surface area contributed by atoms with Gasteiger partial charge in [-0.2, -0.15) is 4.98 Å². The molecule has 9 heteroatoms. The van der Waals surface area contributed by atoms with E-state index in [-0.39, 0.29) is 12.4 Å². The predicted octanol–water partition coefficient (Wildman–Crippen LogP) is 4.47. The molecule has 2 aliphatic heterocycles. The minimum atomic E-state index is -0.942. The lowest BCUT2D eigenvalue weighted by atomic mass is 9.80. The standard InChI is InChI=1S/C31H31N3O6/c1-30(2)39-26-24(38-28(27(26)40-30)34-19-18-25(33-36)32-29(34)35)20-37-31(21-12-6-3-7-13-21,22-14-8-4-9-15-22)23-16-10-5-11-17-23/h3-19,24,26-28,36H,20H2,1-2H3,(H,32,33,35)/t24-,26-,27-,28-/m1/s1. The molecule has 3 heterocycles. The van der Waals surface area contributed by atoms with Gasteiger partial charge < -0.3 is 18.9 Å². The van der Waals surface area contributed by atoms with Gasteiger partial charge in [-0.25, -0.2) is 4.79 Å². The van der Waals surface area contributed by atoms with E-state index < -0.39 is 41.6 Å². The van der Waals surface area contributed by atoms with Crippen molar-refractivity contribution in [2.45, 2.75) is 49.8 Å². The highest BCUT2D eigenvalue weighted by Crippen LogP contribution is 2.45. The number of nitrogens with zero attached hydrogens (tertiary/aromatic N) is 2. The molecule has 4 atom stereocenters. The van der Waals surface area contributed by atoms with Crippen molar-refractivity contribution in [3.05, 3.63) is 130 Å². The van der Waals surface area contributed by atoms with Crippen LogP contribution in [0, 0.1) is 0 Å². The smallest absolute Gasteiger partial charge is 0.351 e. The Kier molecular flexibility index (Phi) is 6.99. The molecular formula is C31H31N3O6. The maximum absolute atomic E-state index is 12.8. The zero-order valence-corrected chi connectivity index (χ0v) is 22.2. The normalized spacial score (nSPS) is 23.6. The van der Waals surface area contributed by atoms with Crippen molar-refractivity contribution < 1.29 is 24.2 Å². The van der Waals surface area contributed by atoms with E-state index in [9.17, 15) is 4.79 Å². The lowest BCUT2D eigenvalue weighted by Crippen LogP contribution is -2.39. The summed E-state index contributed by atoms with van der Waals surface area (Å²) in [7, 11) is 0. The van der Waals surface area contributed by atoms with Gasteiger partial charge in [-0.1, -0.05) is 91.0 Å². The monoisotopic (exact) mass is 541 g/mol. The molecule has 9 nitrogen and oxygen atoms in total. The minimum Gasteiger partial charge on any atom is -0.358 e. The van der Waals surface area contributed by atoms with Crippen molar-refractivity contribution in [1.82, 2.24) is 9.55 Å². The van der Waals surface area contributed by atoms with Crippen LogP contribution in [0.5, 0.6) is 0 Å². The molecule has 2 saturated heterocycles. The molecule has 3 aromatic carbocycles. The summed E-state index contributed by atoms with van der Waals surface area (Å²) in [6.45, 7) is 3.82. The Hall–Kier alpha value is -3.86. The van der Waals surface area contributed by atoms with Crippen molar-refractivity contribution >= 4 is 5.82 Å². The van der Waals surface area contributed by atoms with E-state index in [4.69, 9.17) is 24.2 Å². The summed E-state index contributed by atoms with van der Waals surface area (Å²) in [6, 6.07) is 31.8. The van der Waals surface area contributed by atoms with Gasteiger partial charge in [0.05, 0.1) is 6.61 Å². The molecule has 0 amide bonds. The Balaban J connectivity index is 1.39. The SMILES string of the molecule is CC1(C)O[C@@H]2[C@H](O1)[C@@H](COC(c1ccccc1)(c1ccccc1)c1ccccc1)O[C@H]2n1ccc(NO)nc1=O. The lowest BCUT2D eigenvalue weighted by molar-refractivity contribution is -0.205. The van der Waals surface area contributed by atoms with Gasteiger partial charge >= 0.3 is 5.69 Å². The third-order valence-corrected chi connectivity index (χ3v) is 7.35.